The summed E-state index contributed by atoms with van der Waals surface area (Å²) >= 11 is 6.98. The molecule has 3 aromatic rings. The average molecular weight is 464 g/mol. The number of hydrogen-bond donors (Lipinski definition) is 3. The van der Waals surface area contributed by atoms with Gasteiger partial charge in [-0.3, -0.25) is 25.2 Å². The first-order chi connectivity index (χ1) is 14.3. The molecule has 0 aliphatic carbocycles. The first kappa shape index (κ1) is 21.8. The van der Waals surface area contributed by atoms with Crippen LogP contribution in [-0.2, 0) is 21.2 Å². The fourth-order valence-corrected chi connectivity index (χ4v) is 4.87. The van der Waals surface area contributed by atoms with Gasteiger partial charge in [0.05, 0.1) is 11.3 Å². The van der Waals surface area contributed by atoms with Crippen LogP contribution in [0.5, 0.6) is 0 Å². The topological polar surface area (TPSA) is 104 Å². The molecule has 2 aromatic carbocycles. The first-order valence-electron chi connectivity index (χ1n) is 8.84. The highest BCUT2D eigenvalue weighted by atomic mass is 35.5. The molecule has 10 heteroatoms. The summed E-state index contributed by atoms with van der Waals surface area (Å²) in [5.41, 5.74) is 5.73. The van der Waals surface area contributed by atoms with Gasteiger partial charge in [0.25, 0.3) is 15.9 Å². The van der Waals surface area contributed by atoms with Crippen molar-refractivity contribution in [1.82, 2.24) is 10.9 Å². The first-order valence-corrected chi connectivity index (χ1v) is 11.6. The summed E-state index contributed by atoms with van der Waals surface area (Å²) in [5.74, 6) is -1.03. The zero-order valence-electron chi connectivity index (χ0n) is 15.6. The third kappa shape index (κ3) is 5.82. The van der Waals surface area contributed by atoms with Crippen molar-refractivity contribution >= 4 is 50.5 Å². The molecule has 0 radical (unpaired) electrons. The molecule has 0 aliphatic heterocycles. The summed E-state index contributed by atoms with van der Waals surface area (Å²) in [7, 11) is -3.81. The third-order valence-electron chi connectivity index (χ3n) is 4.02. The standard InChI is InChI=1S/C20H18ClN3O4S2/c21-15-6-3-5-14(13-15)10-11-18(25)22-23-20(26)16-7-1-2-8-17(16)24-30(27,28)19-9-4-12-29-19/h1-9,12-13,24H,10-11H2,(H,22,25)(H,23,26). The van der Waals surface area contributed by atoms with Gasteiger partial charge in [-0.2, -0.15) is 0 Å². The number of hydrazine groups is 1. The molecule has 1 aromatic heterocycles. The Morgan fingerprint density at radius 2 is 1.77 bits per heavy atom. The maximum absolute atomic E-state index is 12.5. The van der Waals surface area contributed by atoms with Crippen LogP contribution in [0.1, 0.15) is 22.3 Å². The van der Waals surface area contributed by atoms with E-state index in [4.69, 9.17) is 11.6 Å². The molecule has 0 unspecified atom stereocenters. The molecule has 156 valence electrons. The predicted octanol–water partition coefficient (Wildman–Crippen LogP) is 3.60. The fourth-order valence-electron chi connectivity index (χ4n) is 2.59. The Labute approximate surface area is 183 Å². The lowest BCUT2D eigenvalue weighted by Crippen LogP contribution is -2.42. The van der Waals surface area contributed by atoms with Crippen LogP contribution in [0.4, 0.5) is 5.69 Å². The van der Waals surface area contributed by atoms with Crippen LogP contribution in [0.25, 0.3) is 0 Å². The van der Waals surface area contributed by atoms with E-state index in [0.717, 1.165) is 16.9 Å². The van der Waals surface area contributed by atoms with Crippen molar-refractivity contribution in [3.63, 3.8) is 0 Å². The maximum atomic E-state index is 12.5. The van der Waals surface area contributed by atoms with E-state index >= 15 is 0 Å². The minimum atomic E-state index is -3.81. The number of halogens is 1. The molecule has 0 bridgehead atoms. The minimum absolute atomic E-state index is 0.0766. The number of aryl methyl sites for hydroxylation is 1. The number of benzene rings is 2. The van der Waals surface area contributed by atoms with Crippen LogP contribution >= 0.6 is 22.9 Å². The van der Waals surface area contributed by atoms with Crippen LogP contribution in [0.2, 0.25) is 5.02 Å². The molecule has 0 saturated heterocycles. The summed E-state index contributed by atoms with van der Waals surface area (Å²) < 4.78 is 27.4. The van der Waals surface area contributed by atoms with Crippen molar-refractivity contribution in [3.05, 3.63) is 82.2 Å². The summed E-state index contributed by atoms with van der Waals surface area (Å²) in [6.45, 7) is 0. The highest BCUT2D eigenvalue weighted by Gasteiger charge is 2.19. The molecular formula is C20H18ClN3O4S2. The summed E-state index contributed by atoms with van der Waals surface area (Å²) in [4.78, 5) is 24.5. The number of rotatable bonds is 7. The van der Waals surface area contributed by atoms with Gasteiger partial charge in [-0.05, 0) is 47.7 Å². The normalized spacial score (nSPS) is 11.0. The molecule has 0 atom stereocenters. The molecule has 30 heavy (non-hydrogen) atoms. The Morgan fingerprint density at radius 1 is 0.967 bits per heavy atom. The smallest absolute Gasteiger partial charge is 0.271 e. The Hall–Kier alpha value is -2.88. The monoisotopic (exact) mass is 463 g/mol. The highest BCUT2D eigenvalue weighted by Crippen LogP contribution is 2.22. The lowest BCUT2D eigenvalue weighted by atomic mass is 10.1. The maximum Gasteiger partial charge on any atom is 0.271 e. The van der Waals surface area contributed by atoms with Gasteiger partial charge in [0, 0.05) is 11.4 Å². The predicted molar refractivity (Wildman–Crippen MR) is 117 cm³/mol. The quantitative estimate of drug-likeness (QED) is 0.465. The molecule has 0 spiro atoms. The van der Waals surface area contributed by atoms with Gasteiger partial charge >= 0.3 is 0 Å². The van der Waals surface area contributed by atoms with E-state index < -0.39 is 15.9 Å². The van der Waals surface area contributed by atoms with Gasteiger partial charge in [0.15, 0.2) is 0 Å². The summed E-state index contributed by atoms with van der Waals surface area (Å²) in [6, 6.07) is 16.4. The third-order valence-corrected chi connectivity index (χ3v) is 7.02. The van der Waals surface area contributed by atoms with Crippen molar-refractivity contribution in [1.29, 1.82) is 0 Å². The lowest BCUT2D eigenvalue weighted by molar-refractivity contribution is -0.121. The van der Waals surface area contributed by atoms with Gasteiger partial charge in [-0.15, -0.1) is 11.3 Å². The molecule has 2 amide bonds. The lowest BCUT2D eigenvalue weighted by Gasteiger charge is -2.12. The Morgan fingerprint density at radius 3 is 2.50 bits per heavy atom. The van der Waals surface area contributed by atoms with Gasteiger partial charge in [-0.25, -0.2) is 8.42 Å². The number of para-hydroxylation sites is 1. The number of carbonyl (C=O) groups is 2. The number of nitrogens with one attached hydrogen (secondary N) is 3. The van der Waals surface area contributed by atoms with E-state index in [0.29, 0.717) is 11.4 Å². The SMILES string of the molecule is O=C(CCc1cccc(Cl)c1)NNC(=O)c1ccccc1NS(=O)(=O)c1cccs1. The largest absolute Gasteiger partial charge is 0.278 e. The zero-order chi connectivity index (χ0) is 21.6. The number of thiophene rings is 1. The second-order valence-electron chi connectivity index (χ2n) is 6.22. The molecule has 0 saturated carbocycles. The van der Waals surface area contributed by atoms with E-state index in [1.807, 2.05) is 6.07 Å². The number of anilines is 1. The second kappa shape index (κ2) is 9.75. The average Bonchev–Trinajstić information content (AvgIpc) is 3.27. The molecule has 0 aliphatic rings. The van der Waals surface area contributed by atoms with Gasteiger partial charge in [-0.1, -0.05) is 41.9 Å². The van der Waals surface area contributed by atoms with Crippen LogP contribution in [0, 0.1) is 0 Å². The molecule has 0 fully saturated rings. The highest BCUT2D eigenvalue weighted by molar-refractivity contribution is 7.94. The van der Waals surface area contributed by atoms with Gasteiger partial charge in [0.2, 0.25) is 5.91 Å². The number of amides is 2. The Bertz CT molecular complexity index is 1150. The van der Waals surface area contributed by atoms with Crippen molar-refractivity contribution in [2.75, 3.05) is 4.72 Å². The van der Waals surface area contributed by atoms with Crippen molar-refractivity contribution < 1.29 is 18.0 Å². The van der Waals surface area contributed by atoms with Crippen LogP contribution in [-0.4, -0.2) is 20.2 Å². The van der Waals surface area contributed by atoms with Crippen molar-refractivity contribution in [3.8, 4) is 0 Å². The number of carbonyl (C=O) groups excluding carboxylic acids is 2. The zero-order valence-corrected chi connectivity index (χ0v) is 18.0. The molecule has 7 nitrogen and oxygen atoms in total. The molecular weight excluding hydrogens is 446 g/mol. The molecule has 1 heterocycles. The van der Waals surface area contributed by atoms with E-state index in [2.05, 4.69) is 15.6 Å². The molecule has 3 rings (SSSR count). The second-order valence-corrected chi connectivity index (χ2v) is 9.51. The number of hydrogen-bond acceptors (Lipinski definition) is 5. The van der Waals surface area contributed by atoms with E-state index in [-0.39, 0.29) is 27.8 Å². The fraction of sp³-hybridized carbons (Fsp3) is 0.100. The van der Waals surface area contributed by atoms with Crippen LogP contribution in [0.15, 0.2) is 70.3 Å². The van der Waals surface area contributed by atoms with E-state index in [9.17, 15) is 18.0 Å². The van der Waals surface area contributed by atoms with Gasteiger partial charge < -0.3 is 0 Å². The van der Waals surface area contributed by atoms with Crippen LogP contribution < -0.4 is 15.6 Å². The molecule has 3 N–H and O–H groups in total. The number of sulfonamides is 1. The van der Waals surface area contributed by atoms with E-state index in [1.54, 1.807) is 41.8 Å². The summed E-state index contributed by atoms with van der Waals surface area (Å²) in [6.07, 6.45) is 0.604. The van der Waals surface area contributed by atoms with Crippen molar-refractivity contribution in [2.45, 2.75) is 17.1 Å². The summed E-state index contributed by atoms with van der Waals surface area (Å²) in [5, 5.41) is 2.23. The minimum Gasteiger partial charge on any atom is -0.278 e. The van der Waals surface area contributed by atoms with Crippen LogP contribution in [0.3, 0.4) is 0 Å². The Kier molecular flexibility index (Phi) is 7.09. The van der Waals surface area contributed by atoms with Crippen molar-refractivity contribution in [2.24, 2.45) is 0 Å². The van der Waals surface area contributed by atoms with E-state index in [1.165, 1.54) is 18.2 Å². The van der Waals surface area contributed by atoms with Gasteiger partial charge in [0.1, 0.15) is 4.21 Å². The Balaban J connectivity index is 1.60.